The number of nitrogens with one attached hydrogen (secondary N) is 2. The van der Waals surface area contributed by atoms with Crippen LogP contribution in [-0.2, 0) is 11.2 Å². The van der Waals surface area contributed by atoms with Crippen LogP contribution in [0.2, 0.25) is 0 Å². The molecule has 2 aliphatic rings. The lowest BCUT2D eigenvalue weighted by Gasteiger charge is -2.39. The highest BCUT2D eigenvalue weighted by Gasteiger charge is 2.34. The summed E-state index contributed by atoms with van der Waals surface area (Å²) in [7, 11) is 1.57. The van der Waals surface area contributed by atoms with Gasteiger partial charge in [-0.3, -0.25) is 4.79 Å². The Bertz CT molecular complexity index is 1200. The minimum atomic E-state index is -1.23. The number of fused-ring (bicyclic) bond motifs is 3. The van der Waals surface area contributed by atoms with Crippen LogP contribution >= 0.6 is 0 Å². The topological polar surface area (TPSA) is 114 Å². The monoisotopic (exact) mass is 451 g/mol. The second-order valence-corrected chi connectivity index (χ2v) is 9.59. The van der Waals surface area contributed by atoms with Crippen LogP contribution in [0.1, 0.15) is 48.3 Å². The molecule has 0 spiro atoms. The molecule has 1 atom stereocenters. The van der Waals surface area contributed by atoms with Gasteiger partial charge in [0.15, 0.2) is 5.43 Å². The summed E-state index contributed by atoms with van der Waals surface area (Å²) in [6, 6.07) is 5.47. The van der Waals surface area contributed by atoms with Crippen LogP contribution in [0.3, 0.4) is 0 Å². The third-order valence-electron chi connectivity index (χ3n) is 6.34. The number of carboxylic acids is 1. The number of pyridine rings is 1. The SMILES string of the molecule is COc1cc2c(cc1/C(C=N)=C/NC1COC1)CC(C(C)(C)C)n1cc(C(=O)O)c(=O)cc1-2. The summed E-state index contributed by atoms with van der Waals surface area (Å²) in [6.45, 7) is 7.58. The Kier molecular flexibility index (Phi) is 5.88. The minimum absolute atomic E-state index is 0.0578. The highest BCUT2D eigenvalue weighted by Crippen LogP contribution is 2.44. The summed E-state index contributed by atoms with van der Waals surface area (Å²) < 4.78 is 12.8. The van der Waals surface area contributed by atoms with Gasteiger partial charge >= 0.3 is 5.97 Å². The molecule has 0 aliphatic carbocycles. The van der Waals surface area contributed by atoms with E-state index in [1.807, 2.05) is 22.9 Å². The summed E-state index contributed by atoms with van der Waals surface area (Å²) in [5.74, 6) is -0.655. The number of hydrogen-bond acceptors (Lipinski definition) is 6. The molecule has 0 amide bonds. The average Bonchev–Trinajstić information content (AvgIpc) is 2.72. The van der Waals surface area contributed by atoms with E-state index >= 15 is 0 Å². The Hall–Kier alpha value is -3.39. The number of hydrogen-bond donors (Lipinski definition) is 3. The maximum absolute atomic E-state index is 12.6. The second-order valence-electron chi connectivity index (χ2n) is 9.59. The fourth-order valence-corrected chi connectivity index (χ4v) is 4.38. The Labute approximate surface area is 192 Å². The van der Waals surface area contributed by atoms with Gasteiger partial charge in [0.25, 0.3) is 0 Å². The Morgan fingerprint density at radius 2 is 2.00 bits per heavy atom. The van der Waals surface area contributed by atoms with E-state index in [9.17, 15) is 14.7 Å². The minimum Gasteiger partial charge on any atom is -0.496 e. The van der Waals surface area contributed by atoms with Crippen LogP contribution in [0, 0.1) is 10.8 Å². The Morgan fingerprint density at radius 1 is 1.27 bits per heavy atom. The van der Waals surface area contributed by atoms with Crippen molar-refractivity contribution in [1.82, 2.24) is 9.88 Å². The largest absolute Gasteiger partial charge is 0.496 e. The predicted octanol–water partition coefficient (Wildman–Crippen LogP) is 3.34. The van der Waals surface area contributed by atoms with Crippen LogP contribution in [-0.4, -0.2) is 48.2 Å². The van der Waals surface area contributed by atoms with Crippen LogP contribution < -0.4 is 15.5 Å². The van der Waals surface area contributed by atoms with E-state index in [-0.39, 0.29) is 23.1 Å². The predicted molar refractivity (Wildman–Crippen MR) is 126 cm³/mol. The van der Waals surface area contributed by atoms with Gasteiger partial charge in [0.05, 0.1) is 32.1 Å². The summed E-state index contributed by atoms with van der Waals surface area (Å²) in [5.41, 5.74) is 3.03. The molecule has 0 radical (unpaired) electrons. The standard InChI is InChI=1S/C25H29N3O5/c1-25(2,3)23-6-14-5-18(15(9-26)10-27-16-12-33-13-16)22(32-4)7-17(14)20-8-21(29)19(24(30)31)11-28(20)23/h5,7-11,16,23,26-27H,6,12-13H2,1-4H3,(H,30,31)/b15-10+,26-9?. The summed E-state index contributed by atoms with van der Waals surface area (Å²) >= 11 is 0. The number of allylic oxidation sites excluding steroid dienone is 1. The van der Waals surface area contributed by atoms with Crippen molar-refractivity contribution in [3.63, 3.8) is 0 Å². The van der Waals surface area contributed by atoms with Crippen molar-refractivity contribution >= 4 is 17.8 Å². The fraction of sp³-hybridized carbons (Fsp3) is 0.400. The molecule has 174 valence electrons. The first-order valence-corrected chi connectivity index (χ1v) is 10.9. The number of carboxylic acid groups (broad SMARTS) is 1. The third kappa shape index (κ3) is 4.18. The number of aromatic carboxylic acids is 1. The summed E-state index contributed by atoms with van der Waals surface area (Å²) in [4.78, 5) is 24.2. The number of methoxy groups -OCH3 is 1. The van der Waals surface area contributed by atoms with Crippen LogP contribution in [0.25, 0.3) is 16.8 Å². The molecule has 4 rings (SSSR count). The van der Waals surface area contributed by atoms with E-state index in [1.54, 1.807) is 7.11 Å². The maximum Gasteiger partial charge on any atom is 0.341 e. The van der Waals surface area contributed by atoms with Gasteiger partial charge in [-0.1, -0.05) is 20.8 Å². The molecular weight excluding hydrogens is 422 g/mol. The van der Waals surface area contributed by atoms with E-state index in [4.69, 9.17) is 14.9 Å². The third-order valence-corrected chi connectivity index (χ3v) is 6.34. The zero-order chi connectivity index (χ0) is 23.9. The van der Waals surface area contributed by atoms with Crippen molar-refractivity contribution in [3.8, 4) is 17.0 Å². The van der Waals surface area contributed by atoms with E-state index in [0.717, 1.165) is 16.7 Å². The molecule has 1 aromatic carbocycles. The smallest absolute Gasteiger partial charge is 0.341 e. The number of benzene rings is 1. The zero-order valence-electron chi connectivity index (χ0n) is 19.3. The first-order valence-electron chi connectivity index (χ1n) is 10.9. The van der Waals surface area contributed by atoms with E-state index < -0.39 is 11.4 Å². The molecule has 1 aromatic heterocycles. The quantitative estimate of drug-likeness (QED) is 0.581. The molecule has 33 heavy (non-hydrogen) atoms. The molecule has 2 aromatic rings. The number of carbonyl (C=O) groups is 1. The number of rotatable bonds is 6. The molecule has 0 bridgehead atoms. The van der Waals surface area contributed by atoms with E-state index in [2.05, 4.69) is 26.1 Å². The maximum atomic E-state index is 12.6. The number of nitrogens with zero attached hydrogens (tertiary/aromatic N) is 1. The van der Waals surface area contributed by atoms with Gasteiger partial charge in [-0.15, -0.1) is 0 Å². The highest BCUT2D eigenvalue weighted by atomic mass is 16.5. The molecule has 3 N–H and O–H groups in total. The lowest BCUT2D eigenvalue weighted by Crippen LogP contribution is -2.43. The molecule has 1 saturated heterocycles. The molecule has 8 heteroatoms. The number of ether oxygens (including phenoxy) is 2. The molecule has 3 heterocycles. The molecule has 0 saturated carbocycles. The molecule has 1 unspecified atom stereocenters. The normalized spacial score (nSPS) is 18.1. The molecule has 8 nitrogen and oxygen atoms in total. The Morgan fingerprint density at radius 3 is 2.55 bits per heavy atom. The van der Waals surface area contributed by atoms with Gasteiger partial charge in [-0.25, -0.2) is 4.79 Å². The summed E-state index contributed by atoms with van der Waals surface area (Å²) in [6.07, 6.45) is 5.22. The number of aromatic nitrogens is 1. The second kappa shape index (κ2) is 8.51. The van der Waals surface area contributed by atoms with Crippen molar-refractivity contribution in [2.75, 3.05) is 20.3 Å². The molecular formula is C25H29N3O5. The fourth-order valence-electron chi connectivity index (χ4n) is 4.38. The highest BCUT2D eigenvalue weighted by molar-refractivity contribution is 6.09. The van der Waals surface area contributed by atoms with Crippen molar-refractivity contribution < 1.29 is 19.4 Å². The first kappa shape index (κ1) is 22.8. The van der Waals surface area contributed by atoms with Gasteiger partial charge in [0.1, 0.15) is 11.3 Å². The van der Waals surface area contributed by atoms with E-state index in [0.29, 0.717) is 36.7 Å². The molecule has 2 aliphatic heterocycles. The van der Waals surface area contributed by atoms with Gasteiger partial charge in [0, 0.05) is 47.4 Å². The molecule has 1 fully saturated rings. The van der Waals surface area contributed by atoms with Gasteiger partial charge in [-0.05, 0) is 29.5 Å². The van der Waals surface area contributed by atoms with Crippen molar-refractivity contribution in [3.05, 3.63) is 57.5 Å². The van der Waals surface area contributed by atoms with E-state index in [1.165, 1.54) is 18.5 Å². The van der Waals surface area contributed by atoms with Crippen LogP contribution in [0.5, 0.6) is 5.75 Å². The van der Waals surface area contributed by atoms with Crippen molar-refractivity contribution in [1.29, 1.82) is 5.41 Å². The van der Waals surface area contributed by atoms with Gasteiger partial charge in [-0.2, -0.15) is 0 Å². The lowest BCUT2D eigenvalue weighted by atomic mass is 9.78. The Balaban J connectivity index is 1.89. The first-order chi connectivity index (χ1) is 15.6. The van der Waals surface area contributed by atoms with Crippen molar-refractivity contribution in [2.24, 2.45) is 5.41 Å². The zero-order valence-corrected chi connectivity index (χ0v) is 19.3. The lowest BCUT2D eigenvalue weighted by molar-refractivity contribution is 0.000844. The summed E-state index contributed by atoms with van der Waals surface area (Å²) in [5, 5.41) is 20.7. The van der Waals surface area contributed by atoms with Gasteiger partial charge < -0.3 is 29.9 Å². The van der Waals surface area contributed by atoms with Crippen LogP contribution in [0.4, 0.5) is 0 Å². The van der Waals surface area contributed by atoms with Crippen LogP contribution in [0.15, 0.2) is 35.4 Å². The average molecular weight is 452 g/mol. The van der Waals surface area contributed by atoms with Gasteiger partial charge in [0.2, 0.25) is 0 Å². The van der Waals surface area contributed by atoms with Crippen molar-refractivity contribution in [2.45, 2.75) is 39.3 Å².